The first-order chi connectivity index (χ1) is 11.2. The molecule has 1 atom stereocenters. The first-order valence-electron chi connectivity index (χ1n) is 8.10. The number of halogens is 1. The summed E-state index contributed by atoms with van der Waals surface area (Å²) in [6, 6.07) is 10.9. The maximum atomic E-state index is 4.27. The van der Waals surface area contributed by atoms with Crippen molar-refractivity contribution in [3.05, 3.63) is 48.0 Å². The molecule has 0 radical (unpaired) electrons. The van der Waals surface area contributed by atoms with Gasteiger partial charge in [-0.3, -0.25) is 4.99 Å². The van der Waals surface area contributed by atoms with Gasteiger partial charge in [0, 0.05) is 19.6 Å². The van der Waals surface area contributed by atoms with E-state index in [1.807, 2.05) is 10.6 Å². The first kappa shape index (κ1) is 20.4. The Morgan fingerprint density at radius 1 is 1.29 bits per heavy atom. The Hall–Kier alpha value is -1.64. The van der Waals surface area contributed by atoms with E-state index in [1.165, 1.54) is 5.56 Å². The van der Waals surface area contributed by atoms with Crippen molar-refractivity contribution in [2.24, 2.45) is 4.99 Å². The third kappa shape index (κ3) is 6.46. The lowest BCUT2D eigenvalue weighted by Gasteiger charge is -2.18. The average molecular weight is 442 g/mol. The number of rotatable bonds is 7. The molecule has 24 heavy (non-hydrogen) atoms. The van der Waals surface area contributed by atoms with Crippen LogP contribution in [0.2, 0.25) is 0 Å². The minimum atomic E-state index is 0. The number of aryl methyl sites for hydroxylation is 2. The van der Waals surface area contributed by atoms with E-state index in [9.17, 15) is 0 Å². The Balaban J connectivity index is 0.00000288. The fraction of sp³-hybridized carbons (Fsp3) is 0.471. The van der Waals surface area contributed by atoms with E-state index < -0.39 is 0 Å². The normalized spacial score (nSPS) is 12.4. The zero-order chi connectivity index (χ0) is 16.5. The molecule has 1 aromatic heterocycles. The molecule has 6 nitrogen and oxygen atoms in total. The van der Waals surface area contributed by atoms with Gasteiger partial charge in [0.15, 0.2) is 11.8 Å². The average Bonchev–Trinajstić information content (AvgIpc) is 3.05. The lowest BCUT2D eigenvalue weighted by atomic mass is 10.1. The maximum Gasteiger partial charge on any atom is 0.191 e. The van der Waals surface area contributed by atoms with Crippen molar-refractivity contribution in [1.82, 2.24) is 25.4 Å². The van der Waals surface area contributed by atoms with Crippen molar-refractivity contribution in [2.45, 2.75) is 45.8 Å². The Labute approximate surface area is 161 Å². The molecule has 0 saturated heterocycles. The summed E-state index contributed by atoms with van der Waals surface area (Å²) in [5, 5.41) is 14.8. The van der Waals surface area contributed by atoms with Gasteiger partial charge in [0.05, 0.1) is 6.54 Å². The molecule has 2 N–H and O–H groups in total. The molecular weight excluding hydrogens is 415 g/mol. The van der Waals surface area contributed by atoms with Gasteiger partial charge in [-0.25, -0.2) is 0 Å². The van der Waals surface area contributed by atoms with Crippen LogP contribution >= 0.6 is 24.0 Å². The second-order valence-electron chi connectivity index (χ2n) is 5.53. The fourth-order valence-electron chi connectivity index (χ4n) is 2.37. The Bertz CT molecular complexity index is 611. The zero-order valence-electron chi connectivity index (χ0n) is 14.6. The zero-order valence-corrected chi connectivity index (χ0v) is 16.9. The van der Waals surface area contributed by atoms with Gasteiger partial charge in [-0.1, -0.05) is 30.3 Å². The number of benzene rings is 1. The molecule has 0 saturated carbocycles. The number of hydrogen-bond acceptors (Lipinski definition) is 3. The Morgan fingerprint density at radius 2 is 2.04 bits per heavy atom. The summed E-state index contributed by atoms with van der Waals surface area (Å²) in [7, 11) is 1.78. The second-order valence-corrected chi connectivity index (χ2v) is 5.53. The predicted octanol–water partition coefficient (Wildman–Crippen LogP) is 2.60. The van der Waals surface area contributed by atoms with Crippen LogP contribution in [-0.2, 0) is 19.5 Å². The summed E-state index contributed by atoms with van der Waals surface area (Å²) in [6.45, 7) is 5.72. The highest BCUT2D eigenvalue weighted by Crippen LogP contribution is 2.04. The van der Waals surface area contributed by atoms with Gasteiger partial charge in [-0.2, -0.15) is 0 Å². The molecule has 1 unspecified atom stereocenters. The van der Waals surface area contributed by atoms with E-state index >= 15 is 0 Å². The van der Waals surface area contributed by atoms with Gasteiger partial charge in [-0.15, -0.1) is 34.2 Å². The van der Waals surface area contributed by atoms with E-state index in [0.717, 1.165) is 31.2 Å². The third-order valence-electron chi connectivity index (χ3n) is 3.77. The molecule has 0 aliphatic heterocycles. The maximum absolute atomic E-state index is 4.27. The summed E-state index contributed by atoms with van der Waals surface area (Å²) in [5.41, 5.74) is 1.36. The largest absolute Gasteiger partial charge is 0.354 e. The van der Waals surface area contributed by atoms with E-state index in [1.54, 1.807) is 13.4 Å². The van der Waals surface area contributed by atoms with Crippen LogP contribution in [0.5, 0.6) is 0 Å². The van der Waals surface area contributed by atoms with Gasteiger partial charge in [-0.05, 0) is 32.3 Å². The summed E-state index contributed by atoms with van der Waals surface area (Å²) < 4.78 is 2.01. The number of nitrogens with zero attached hydrogens (tertiary/aromatic N) is 4. The molecule has 0 amide bonds. The number of guanidine groups is 1. The highest BCUT2D eigenvalue weighted by molar-refractivity contribution is 14.0. The molecule has 1 heterocycles. The molecular formula is C17H27IN6. The number of aliphatic imine (C=N–C) groups is 1. The minimum absolute atomic E-state index is 0. The summed E-state index contributed by atoms with van der Waals surface area (Å²) >= 11 is 0. The fourth-order valence-corrected chi connectivity index (χ4v) is 2.37. The molecule has 0 aliphatic carbocycles. The predicted molar refractivity (Wildman–Crippen MR) is 109 cm³/mol. The van der Waals surface area contributed by atoms with Crippen LogP contribution in [0, 0.1) is 0 Å². The molecule has 0 spiro atoms. The van der Waals surface area contributed by atoms with Crippen molar-refractivity contribution in [2.75, 3.05) is 7.05 Å². The summed E-state index contributed by atoms with van der Waals surface area (Å²) in [5.74, 6) is 1.70. The molecule has 2 rings (SSSR count). The SMILES string of the molecule is CCn1cnnc1CNC(=NC)NC(C)CCc1ccccc1.I. The van der Waals surface area contributed by atoms with Crippen LogP contribution in [-0.4, -0.2) is 33.8 Å². The van der Waals surface area contributed by atoms with E-state index in [-0.39, 0.29) is 24.0 Å². The Morgan fingerprint density at radius 3 is 2.71 bits per heavy atom. The van der Waals surface area contributed by atoms with Crippen LogP contribution in [0.1, 0.15) is 31.7 Å². The molecule has 1 aromatic carbocycles. The molecule has 0 bridgehead atoms. The topological polar surface area (TPSA) is 67.1 Å². The minimum Gasteiger partial charge on any atom is -0.354 e. The van der Waals surface area contributed by atoms with Crippen molar-refractivity contribution in [3.63, 3.8) is 0 Å². The third-order valence-corrected chi connectivity index (χ3v) is 3.77. The van der Waals surface area contributed by atoms with Gasteiger partial charge >= 0.3 is 0 Å². The molecule has 0 aliphatic rings. The lowest BCUT2D eigenvalue weighted by molar-refractivity contribution is 0.588. The lowest BCUT2D eigenvalue weighted by Crippen LogP contribution is -2.42. The van der Waals surface area contributed by atoms with Crippen molar-refractivity contribution < 1.29 is 0 Å². The van der Waals surface area contributed by atoms with Gasteiger partial charge in [0.2, 0.25) is 0 Å². The van der Waals surface area contributed by atoms with E-state index in [0.29, 0.717) is 12.6 Å². The highest BCUT2D eigenvalue weighted by Gasteiger charge is 2.07. The van der Waals surface area contributed by atoms with Crippen LogP contribution in [0.3, 0.4) is 0 Å². The smallest absolute Gasteiger partial charge is 0.191 e. The molecule has 0 fully saturated rings. The molecule has 2 aromatic rings. The number of aromatic nitrogens is 3. The van der Waals surface area contributed by atoms with E-state index in [4.69, 9.17) is 0 Å². The molecule has 132 valence electrons. The van der Waals surface area contributed by atoms with Crippen LogP contribution < -0.4 is 10.6 Å². The quantitative estimate of drug-likeness (QED) is 0.393. The monoisotopic (exact) mass is 442 g/mol. The number of nitrogens with one attached hydrogen (secondary N) is 2. The van der Waals surface area contributed by atoms with E-state index in [2.05, 4.69) is 63.9 Å². The van der Waals surface area contributed by atoms with Gasteiger partial charge < -0.3 is 15.2 Å². The van der Waals surface area contributed by atoms with Crippen molar-refractivity contribution in [1.29, 1.82) is 0 Å². The van der Waals surface area contributed by atoms with Gasteiger partial charge in [0.1, 0.15) is 6.33 Å². The van der Waals surface area contributed by atoms with Crippen molar-refractivity contribution >= 4 is 29.9 Å². The highest BCUT2D eigenvalue weighted by atomic mass is 127. The van der Waals surface area contributed by atoms with Crippen LogP contribution in [0.25, 0.3) is 0 Å². The summed E-state index contributed by atoms with van der Waals surface area (Å²) in [6.07, 6.45) is 3.85. The Kier molecular flexibility index (Phi) is 9.36. The summed E-state index contributed by atoms with van der Waals surface area (Å²) in [4.78, 5) is 4.27. The van der Waals surface area contributed by atoms with Crippen LogP contribution in [0.15, 0.2) is 41.7 Å². The first-order valence-corrected chi connectivity index (χ1v) is 8.10. The number of hydrogen-bond donors (Lipinski definition) is 2. The second kappa shape index (κ2) is 11.0. The molecule has 7 heteroatoms. The van der Waals surface area contributed by atoms with Crippen LogP contribution in [0.4, 0.5) is 0 Å². The standard InChI is InChI=1S/C17H26N6.HI/c1-4-23-13-20-22-16(23)12-19-17(18-3)21-14(2)10-11-15-8-6-5-7-9-15;/h5-9,13-14H,4,10-12H2,1-3H3,(H2,18,19,21);1H. The van der Waals surface area contributed by atoms with Crippen molar-refractivity contribution in [3.8, 4) is 0 Å². The van der Waals surface area contributed by atoms with Gasteiger partial charge in [0.25, 0.3) is 0 Å².